The van der Waals surface area contributed by atoms with Crippen molar-refractivity contribution in [3.05, 3.63) is 34.2 Å². The van der Waals surface area contributed by atoms with Gasteiger partial charge in [0.15, 0.2) is 9.84 Å². The smallest absolute Gasteiger partial charge is 0.310 e. The summed E-state index contributed by atoms with van der Waals surface area (Å²) in [6, 6.07) is 1.92. The third-order valence-corrected chi connectivity index (χ3v) is 20.1. The molecule has 2 heterocycles. The van der Waals surface area contributed by atoms with Crippen molar-refractivity contribution < 1.29 is 23.1 Å². The second-order valence-corrected chi connectivity index (χ2v) is 23.2. The maximum atomic E-state index is 12.7. The fourth-order valence-corrected chi connectivity index (χ4v) is 16.2. The molecule has 0 spiro atoms. The van der Waals surface area contributed by atoms with Gasteiger partial charge in [-0.15, -0.1) is 0 Å². The highest BCUT2D eigenvalue weighted by molar-refractivity contribution is 7.91. The molecule has 10 heteroatoms. The van der Waals surface area contributed by atoms with E-state index in [9.17, 15) is 18.3 Å². The number of allylic oxidation sites excluding steroid dienone is 4. The number of hydrogen-bond donors (Lipinski definition) is 2. The Kier molecular flexibility index (Phi) is 10.3. The van der Waals surface area contributed by atoms with E-state index in [2.05, 4.69) is 54.4 Å². The van der Waals surface area contributed by atoms with Crippen LogP contribution in [0.5, 0.6) is 5.88 Å². The first-order valence-corrected chi connectivity index (χ1v) is 24.1. The first kappa shape index (κ1) is 39.1. The first-order valence-electron chi connectivity index (χ1n) is 21.5. The Balaban J connectivity index is 0.942. The lowest BCUT2D eigenvalue weighted by atomic mass is 9.34. The summed E-state index contributed by atoms with van der Waals surface area (Å²) in [4.78, 5) is 16.1. The number of carbonyl (C=O) groups is 1. The zero-order valence-electron chi connectivity index (χ0n) is 33.8. The van der Waals surface area contributed by atoms with E-state index in [1.165, 1.54) is 80.5 Å². The molecule has 0 amide bonds. The van der Waals surface area contributed by atoms with E-state index in [-0.39, 0.29) is 5.54 Å². The molecule has 0 aromatic carbocycles. The summed E-state index contributed by atoms with van der Waals surface area (Å²) in [7, 11) is -2.84. The molecule has 10 atom stereocenters. The summed E-state index contributed by atoms with van der Waals surface area (Å²) >= 11 is 1.42. The van der Waals surface area contributed by atoms with Gasteiger partial charge in [-0.2, -0.15) is 4.37 Å². The lowest BCUT2D eigenvalue weighted by Gasteiger charge is -2.71. The number of aromatic nitrogens is 1. The fourth-order valence-electron chi connectivity index (χ4n) is 14.4. The van der Waals surface area contributed by atoms with Gasteiger partial charge in [-0.1, -0.05) is 46.3 Å². The van der Waals surface area contributed by atoms with Crippen LogP contribution in [0.3, 0.4) is 0 Å². The van der Waals surface area contributed by atoms with Gasteiger partial charge in [0.2, 0.25) is 5.88 Å². The highest BCUT2D eigenvalue weighted by Gasteiger charge is 2.68. The Labute approximate surface area is 329 Å². The van der Waals surface area contributed by atoms with Crippen molar-refractivity contribution in [3.63, 3.8) is 0 Å². The molecule has 2 N–H and O–H groups in total. The molecule has 1 aliphatic heterocycles. The van der Waals surface area contributed by atoms with E-state index in [1.807, 2.05) is 13.0 Å². The van der Waals surface area contributed by atoms with E-state index >= 15 is 0 Å². The molecule has 0 radical (unpaired) electrons. The van der Waals surface area contributed by atoms with Crippen molar-refractivity contribution in [3.8, 4) is 5.88 Å². The van der Waals surface area contributed by atoms with E-state index in [4.69, 9.17) is 4.74 Å². The van der Waals surface area contributed by atoms with Gasteiger partial charge in [0.1, 0.15) is 0 Å². The molecule has 1 aromatic heterocycles. The van der Waals surface area contributed by atoms with E-state index < -0.39 is 21.2 Å². The van der Waals surface area contributed by atoms with Crippen LogP contribution in [0.4, 0.5) is 0 Å². The molecule has 1 saturated heterocycles. The van der Waals surface area contributed by atoms with Gasteiger partial charge >= 0.3 is 5.97 Å². The summed E-state index contributed by atoms with van der Waals surface area (Å²) in [6.07, 6.45) is 20.5. The molecule has 4 saturated carbocycles. The molecule has 5 fully saturated rings. The van der Waals surface area contributed by atoms with Crippen LogP contribution < -0.4 is 10.1 Å². The number of rotatable bonds is 10. The predicted octanol–water partition coefficient (Wildman–Crippen LogP) is 8.48. The number of sulfone groups is 1. The van der Waals surface area contributed by atoms with Crippen molar-refractivity contribution in [1.82, 2.24) is 14.6 Å². The van der Waals surface area contributed by atoms with Crippen molar-refractivity contribution in [1.29, 1.82) is 0 Å². The Morgan fingerprint density at radius 1 is 0.981 bits per heavy atom. The number of hydrogen-bond acceptors (Lipinski definition) is 8. The SMILES string of the molecule is Cc1cc(OCCC2(C(=O)O)CC=C(C3=CCC4(C)C(CCC5(C)C4CCC4[C@H]6CCCC6(NCCN6CCS(=O)(=O)CC6)CC[C@]45C)C3C)CC2)ns1. The zero-order valence-corrected chi connectivity index (χ0v) is 35.4. The minimum Gasteiger partial charge on any atom is -0.481 e. The second kappa shape index (κ2) is 14.3. The molecule has 54 heavy (non-hydrogen) atoms. The van der Waals surface area contributed by atoms with Crippen LogP contribution in [0.2, 0.25) is 0 Å². The van der Waals surface area contributed by atoms with Crippen LogP contribution >= 0.6 is 11.5 Å². The number of carboxylic acid groups (broad SMARTS) is 1. The van der Waals surface area contributed by atoms with Crippen LogP contribution in [-0.4, -0.2) is 78.6 Å². The third kappa shape index (κ3) is 6.47. The van der Waals surface area contributed by atoms with Crippen LogP contribution in [-0.2, 0) is 14.6 Å². The Morgan fingerprint density at radius 2 is 1.78 bits per heavy atom. The normalized spacial score (nSPS) is 43.2. The summed E-state index contributed by atoms with van der Waals surface area (Å²) in [5, 5.41) is 14.6. The van der Waals surface area contributed by atoms with Gasteiger partial charge in [-0.3, -0.25) is 4.79 Å². The molecule has 8 unspecified atom stereocenters. The monoisotopic (exact) mass is 781 g/mol. The fraction of sp³-hybridized carbons (Fsp3) is 0.818. The highest BCUT2D eigenvalue weighted by Crippen LogP contribution is 2.75. The zero-order chi connectivity index (χ0) is 38.1. The highest BCUT2D eigenvalue weighted by atomic mass is 32.2. The second-order valence-electron chi connectivity index (χ2n) is 19.8. The van der Waals surface area contributed by atoms with Crippen molar-refractivity contribution in [2.24, 2.45) is 51.2 Å². The molecule has 300 valence electrons. The maximum Gasteiger partial charge on any atom is 0.310 e. The van der Waals surface area contributed by atoms with Gasteiger partial charge in [-0.05, 0) is 159 Å². The minimum absolute atomic E-state index is 0.257. The number of aryl methyl sites for hydroxylation is 1. The van der Waals surface area contributed by atoms with Crippen molar-refractivity contribution >= 4 is 27.3 Å². The van der Waals surface area contributed by atoms with E-state index in [1.54, 1.807) is 0 Å². The number of aliphatic carboxylic acids is 1. The van der Waals surface area contributed by atoms with E-state index in [0.29, 0.717) is 84.4 Å². The van der Waals surface area contributed by atoms with Gasteiger partial charge in [0.25, 0.3) is 0 Å². The molecule has 1 aromatic rings. The Bertz CT molecular complexity index is 1760. The molecule has 6 aliphatic carbocycles. The number of nitrogens with one attached hydrogen (secondary N) is 1. The molecule has 7 aliphatic rings. The van der Waals surface area contributed by atoms with Gasteiger partial charge in [-0.25, -0.2) is 8.42 Å². The largest absolute Gasteiger partial charge is 0.481 e. The molecular weight excluding hydrogens is 715 g/mol. The molecule has 8 rings (SSSR count). The summed E-state index contributed by atoms with van der Waals surface area (Å²) in [6.45, 7) is 16.3. The number of fused-ring (bicyclic) bond motifs is 7. The van der Waals surface area contributed by atoms with Gasteiger partial charge in [0.05, 0.1) is 23.5 Å². The molecule has 8 nitrogen and oxygen atoms in total. The van der Waals surface area contributed by atoms with Crippen LogP contribution in [0.1, 0.15) is 122 Å². The van der Waals surface area contributed by atoms with Crippen molar-refractivity contribution in [2.75, 3.05) is 44.3 Å². The van der Waals surface area contributed by atoms with Crippen molar-refractivity contribution in [2.45, 2.75) is 130 Å². The first-order chi connectivity index (χ1) is 25.6. The number of nitrogens with zero attached hydrogens (tertiary/aromatic N) is 2. The number of carboxylic acids is 1. The minimum atomic E-state index is -2.84. The van der Waals surface area contributed by atoms with Gasteiger partial charge < -0.3 is 20.1 Å². The maximum absolute atomic E-state index is 12.7. The Morgan fingerprint density at radius 3 is 2.48 bits per heavy atom. The average molecular weight is 782 g/mol. The lowest BCUT2D eigenvalue weighted by Crippen LogP contribution is -2.67. The van der Waals surface area contributed by atoms with E-state index in [0.717, 1.165) is 48.6 Å². The Hall–Kier alpha value is -1.75. The average Bonchev–Trinajstić information content (AvgIpc) is 3.75. The molecule has 0 bridgehead atoms. The lowest BCUT2D eigenvalue weighted by molar-refractivity contribution is -0.212. The van der Waals surface area contributed by atoms with Gasteiger partial charge in [0, 0.05) is 42.7 Å². The van der Waals surface area contributed by atoms with Crippen LogP contribution in [0.25, 0.3) is 0 Å². The summed E-state index contributed by atoms with van der Waals surface area (Å²) in [5.74, 6) is 3.94. The molecular formula is C44H67N3O5S2. The number of ether oxygens (including phenoxy) is 1. The van der Waals surface area contributed by atoms with Crippen LogP contribution in [0.15, 0.2) is 29.4 Å². The standard InChI is InChI=1S/C44H67N3O5S2/c1-30-29-38(46-53-30)52-26-21-43(39(48)49)17-10-32(11-18-43)33-12-15-40(3)34(31(33)2)13-16-42(5)37(40)9-8-35-36-7-6-14-44(36,20-19-41(35,42)4)45-22-23-47-24-27-54(50,51)28-25-47/h10,12,29,31,34-37,45H,6-9,11,13-28H2,1-5H3,(H,48,49)/t31?,34?,35?,36-,37?,40?,41-,42?,43?,44?/m1/s1. The topological polar surface area (TPSA) is 109 Å². The van der Waals surface area contributed by atoms with Crippen LogP contribution in [0, 0.1) is 58.2 Å². The quantitative estimate of drug-likeness (QED) is 0.244. The summed E-state index contributed by atoms with van der Waals surface area (Å²) in [5.41, 5.74) is 3.39. The summed E-state index contributed by atoms with van der Waals surface area (Å²) < 4.78 is 34.2. The third-order valence-electron chi connectivity index (χ3n) is 17.8. The predicted molar refractivity (Wildman–Crippen MR) is 216 cm³/mol.